The normalized spacial score (nSPS) is 11.7. The highest BCUT2D eigenvalue weighted by Crippen LogP contribution is 2.31. The number of carbonyl (C=O) groups is 1. The highest BCUT2D eigenvalue weighted by molar-refractivity contribution is 5.72. The number of carboxylic acids is 1. The minimum atomic E-state index is -1.09. The summed E-state index contributed by atoms with van der Waals surface area (Å²) in [4.78, 5) is 21.3. The Labute approximate surface area is 116 Å². The van der Waals surface area contributed by atoms with E-state index in [0.717, 1.165) is 6.42 Å². The second-order valence-electron chi connectivity index (χ2n) is 4.18. The van der Waals surface area contributed by atoms with Crippen LogP contribution < -0.4 is 9.47 Å². The smallest absolute Gasteiger partial charge is 0.344 e. The minimum Gasteiger partial charge on any atom is -0.490 e. The van der Waals surface area contributed by atoms with Gasteiger partial charge in [0.1, 0.15) is 5.75 Å². The monoisotopic (exact) mass is 283 g/mol. The Morgan fingerprint density at radius 2 is 2.20 bits per heavy atom. The van der Waals surface area contributed by atoms with Crippen LogP contribution in [0.1, 0.15) is 26.2 Å². The minimum absolute atomic E-state index is 0.0998. The maximum atomic E-state index is 11.1. The van der Waals surface area contributed by atoms with Gasteiger partial charge >= 0.3 is 11.7 Å². The summed E-state index contributed by atoms with van der Waals surface area (Å²) in [6, 6.07) is 4.00. The molecule has 0 aliphatic rings. The molecule has 0 aliphatic heterocycles. The van der Waals surface area contributed by atoms with Crippen LogP contribution in [0.3, 0.4) is 0 Å². The summed E-state index contributed by atoms with van der Waals surface area (Å²) in [5.74, 6) is -0.847. The van der Waals surface area contributed by atoms with Gasteiger partial charge in [-0.2, -0.15) is 0 Å². The molecule has 7 heteroatoms. The fourth-order valence-electron chi connectivity index (χ4n) is 1.67. The third kappa shape index (κ3) is 4.11. The molecule has 0 heterocycles. The molecule has 0 aliphatic carbocycles. The van der Waals surface area contributed by atoms with Crippen molar-refractivity contribution in [3.05, 3.63) is 28.3 Å². The standard InChI is InChI=1S/C13H17NO6/c1-3-4-5-12(13(15)16)20-9-6-7-11(19-2)10(8-9)14(17)18/h6-8,12H,3-5H2,1-2H3,(H,15,16). The van der Waals surface area contributed by atoms with Gasteiger partial charge in [-0.05, 0) is 25.0 Å². The first-order valence-electron chi connectivity index (χ1n) is 6.21. The second-order valence-corrected chi connectivity index (χ2v) is 4.18. The van der Waals surface area contributed by atoms with Crippen LogP contribution in [0.25, 0.3) is 0 Å². The molecule has 0 fully saturated rings. The zero-order valence-corrected chi connectivity index (χ0v) is 11.4. The van der Waals surface area contributed by atoms with Crippen LogP contribution in [-0.4, -0.2) is 29.2 Å². The van der Waals surface area contributed by atoms with Crippen LogP contribution in [0.15, 0.2) is 18.2 Å². The predicted octanol–water partition coefficient (Wildman–Crippen LogP) is 2.63. The zero-order valence-electron chi connectivity index (χ0n) is 11.4. The maximum Gasteiger partial charge on any atom is 0.344 e. The number of ether oxygens (including phenoxy) is 2. The summed E-state index contributed by atoms with van der Waals surface area (Å²) in [6.45, 7) is 1.94. The zero-order chi connectivity index (χ0) is 15.1. The lowest BCUT2D eigenvalue weighted by molar-refractivity contribution is -0.385. The van der Waals surface area contributed by atoms with E-state index in [1.54, 1.807) is 0 Å². The van der Waals surface area contributed by atoms with Crippen LogP contribution in [-0.2, 0) is 4.79 Å². The van der Waals surface area contributed by atoms with Crippen molar-refractivity contribution in [2.45, 2.75) is 32.3 Å². The Morgan fingerprint density at radius 3 is 2.70 bits per heavy atom. The fraction of sp³-hybridized carbons (Fsp3) is 0.462. The summed E-state index contributed by atoms with van der Waals surface area (Å²) < 4.78 is 10.2. The largest absolute Gasteiger partial charge is 0.490 e. The van der Waals surface area contributed by atoms with Crippen LogP contribution in [0.2, 0.25) is 0 Å². The lowest BCUT2D eigenvalue weighted by Crippen LogP contribution is -2.26. The van der Waals surface area contributed by atoms with E-state index in [-0.39, 0.29) is 17.2 Å². The van der Waals surface area contributed by atoms with Gasteiger partial charge in [0.05, 0.1) is 18.1 Å². The van der Waals surface area contributed by atoms with E-state index in [9.17, 15) is 14.9 Å². The molecule has 20 heavy (non-hydrogen) atoms. The lowest BCUT2D eigenvalue weighted by atomic mass is 10.1. The first kappa shape index (κ1) is 15.7. The number of methoxy groups -OCH3 is 1. The Kier molecular flexibility index (Phi) is 5.76. The average molecular weight is 283 g/mol. The van der Waals surface area contributed by atoms with Crippen LogP contribution in [0.4, 0.5) is 5.69 Å². The van der Waals surface area contributed by atoms with E-state index in [2.05, 4.69) is 0 Å². The molecule has 0 radical (unpaired) electrons. The van der Waals surface area contributed by atoms with Crippen molar-refractivity contribution in [2.75, 3.05) is 7.11 Å². The SMILES string of the molecule is CCCCC(Oc1ccc(OC)c([N+](=O)[O-])c1)C(=O)O. The van der Waals surface area contributed by atoms with E-state index in [4.69, 9.17) is 14.6 Å². The number of carboxylic acid groups (broad SMARTS) is 1. The number of hydrogen-bond acceptors (Lipinski definition) is 5. The number of aliphatic carboxylic acids is 1. The molecule has 1 atom stereocenters. The van der Waals surface area contributed by atoms with E-state index in [0.29, 0.717) is 12.8 Å². The number of nitrogens with zero attached hydrogens (tertiary/aromatic N) is 1. The van der Waals surface area contributed by atoms with E-state index < -0.39 is 17.0 Å². The molecule has 1 rings (SSSR count). The van der Waals surface area contributed by atoms with Crippen molar-refractivity contribution in [1.29, 1.82) is 0 Å². The third-order valence-electron chi connectivity index (χ3n) is 2.72. The molecule has 7 nitrogen and oxygen atoms in total. The molecule has 0 saturated heterocycles. The summed E-state index contributed by atoms with van der Waals surface area (Å²) in [6.07, 6.45) is 0.888. The first-order chi connectivity index (χ1) is 9.49. The highest BCUT2D eigenvalue weighted by atomic mass is 16.6. The van der Waals surface area contributed by atoms with Gasteiger partial charge in [-0.1, -0.05) is 13.3 Å². The molecule has 110 valence electrons. The summed E-state index contributed by atoms with van der Waals surface area (Å²) in [5.41, 5.74) is -0.260. The molecule has 0 spiro atoms. The Hall–Kier alpha value is -2.31. The number of nitro benzene ring substituents is 1. The Morgan fingerprint density at radius 1 is 1.50 bits per heavy atom. The van der Waals surface area contributed by atoms with Gasteiger partial charge in [0.2, 0.25) is 0 Å². The van der Waals surface area contributed by atoms with Gasteiger partial charge in [-0.3, -0.25) is 10.1 Å². The topological polar surface area (TPSA) is 98.9 Å². The molecule has 1 unspecified atom stereocenters. The van der Waals surface area contributed by atoms with Crippen molar-refractivity contribution in [1.82, 2.24) is 0 Å². The Balaban J connectivity index is 2.93. The van der Waals surface area contributed by atoms with Crippen LogP contribution >= 0.6 is 0 Å². The fourth-order valence-corrected chi connectivity index (χ4v) is 1.67. The number of benzene rings is 1. The lowest BCUT2D eigenvalue weighted by Gasteiger charge is -2.15. The Bertz CT molecular complexity index is 488. The number of nitro groups is 1. The van der Waals surface area contributed by atoms with Crippen molar-refractivity contribution in [3.63, 3.8) is 0 Å². The van der Waals surface area contributed by atoms with Crippen LogP contribution in [0.5, 0.6) is 11.5 Å². The summed E-state index contributed by atoms with van der Waals surface area (Å²) in [5, 5.41) is 19.9. The summed E-state index contributed by atoms with van der Waals surface area (Å²) in [7, 11) is 1.32. The molecule has 0 aromatic heterocycles. The molecular formula is C13H17NO6. The van der Waals surface area contributed by atoms with Crippen molar-refractivity contribution >= 4 is 11.7 Å². The molecule has 0 bridgehead atoms. The van der Waals surface area contributed by atoms with Gasteiger partial charge < -0.3 is 14.6 Å². The van der Waals surface area contributed by atoms with Gasteiger partial charge in [0.25, 0.3) is 0 Å². The van der Waals surface area contributed by atoms with Crippen molar-refractivity contribution in [3.8, 4) is 11.5 Å². The quantitative estimate of drug-likeness (QED) is 0.581. The molecule has 0 amide bonds. The van der Waals surface area contributed by atoms with Crippen molar-refractivity contribution in [2.24, 2.45) is 0 Å². The van der Waals surface area contributed by atoms with Gasteiger partial charge in [-0.15, -0.1) is 0 Å². The number of hydrogen-bond donors (Lipinski definition) is 1. The van der Waals surface area contributed by atoms with Crippen LogP contribution in [0, 0.1) is 10.1 Å². The van der Waals surface area contributed by atoms with E-state index in [1.807, 2.05) is 6.92 Å². The summed E-state index contributed by atoms with van der Waals surface area (Å²) >= 11 is 0. The van der Waals surface area contributed by atoms with Gasteiger partial charge in [0, 0.05) is 0 Å². The van der Waals surface area contributed by atoms with Gasteiger partial charge in [0.15, 0.2) is 11.9 Å². The van der Waals surface area contributed by atoms with Crippen molar-refractivity contribution < 1.29 is 24.3 Å². The predicted molar refractivity (Wildman–Crippen MR) is 71.2 cm³/mol. The highest BCUT2D eigenvalue weighted by Gasteiger charge is 2.21. The molecule has 1 aromatic carbocycles. The first-order valence-corrected chi connectivity index (χ1v) is 6.21. The molecular weight excluding hydrogens is 266 g/mol. The molecule has 1 aromatic rings. The second kappa shape index (κ2) is 7.32. The maximum absolute atomic E-state index is 11.1. The number of rotatable bonds is 8. The molecule has 1 N–H and O–H groups in total. The van der Waals surface area contributed by atoms with E-state index in [1.165, 1.54) is 25.3 Å². The van der Waals surface area contributed by atoms with E-state index >= 15 is 0 Å². The third-order valence-corrected chi connectivity index (χ3v) is 2.72. The van der Waals surface area contributed by atoms with Gasteiger partial charge in [-0.25, -0.2) is 4.79 Å². The number of unbranched alkanes of at least 4 members (excludes halogenated alkanes) is 1. The molecule has 0 saturated carbocycles. The average Bonchev–Trinajstić information content (AvgIpc) is 2.42.